The first kappa shape index (κ1) is 16.9. The maximum atomic E-state index is 6.59. The lowest BCUT2D eigenvalue weighted by Crippen LogP contribution is -1.85. The van der Waals surface area contributed by atoms with E-state index in [1.165, 1.54) is 10.9 Å². The molecule has 3 heterocycles. The summed E-state index contributed by atoms with van der Waals surface area (Å²) in [5.74, 6) is 0. The molecule has 3 aromatic heterocycles. The number of nitrogens with zero attached hydrogens (tertiary/aromatic N) is 2. The van der Waals surface area contributed by atoms with Crippen molar-refractivity contribution in [3.8, 4) is 22.4 Å². The van der Waals surface area contributed by atoms with Crippen molar-refractivity contribution >= 4 is 32.7 Å². The van der Waals surface area contributed by atoms with Crippen LogP contribution in [0.3, 0.4) is 0 Å². The molecule has 0 atom stereocenters. The van der Waals surface area contributed by atoms with Crippen LogP contribution < -0.4 is 0 Å². The molecule has 6 aromatic rings. The SMILES string of the molecule is Cc1ccc(-c2cccc3ccncc23)c2oc3c(-c4ccccn4)cccc3c12. The second-order valence-corrected chi connectivity index (χ2v) is 7.54. The molecule has 6 rings (SSSR count). The molecular formula is C27H18N2O. The zero-order chi connectivity index (χ0) is 20.1. The van der Waals surface area contributed by atoms with Crippen molar-refractivity contribution in [2.24, 2.45) is 0 Å². The Kier molecular flexibility index (Phi) is 3.68. The lowest BCUT2D eigenvalue weighted by atomic mass is 9.95. The van der Waals surface area contributed by atoms with Gasteiger partial charge in [0.2, 0.25) is 0 Å². The maximum absolute atomic E-state index is 6.59. The Hall–Kier alpha value is -3.98. The highest BCUT2D eigenvalue weighted by atomic mass is 16.3. The molecule has 142 valence electrons. The number of aryl methyl sites for hydroxylation is 1. The fourth-order valence-corrected chi connectivity index (χ4v) is 4.35. The van der Waals surface area contributed by atoms with Crippen molar-refractivity contribution in [3.63, 3.8) is 0 Å². The van der Waals surface area contributed by atoms with Crippen LogP contribution in [0.15, 0.2) is 95.8 Å². The molecule has 30 heavy (non-hydrogen) atoms. The van der Waals surface area contributed by atoms with E-state index < -0.39 is 0 Å². The molecule has 0 saturated heterocycles. The van der Waals surface area contributed by atoms with Gasteiger partial charge in [-0.05, 0) is 47.7 Å². The molecule has 0 amide bonds. The molecular weight excluding hydrogens is 368 g/mol. The summed E-state index contributed by atoms with van der Waals surface area (Å²) >= 11 is 0. The monoisotopic (exact) mass is 386 g/mol. The third kappa shape index (κ3) is 2.45. The first-order valence-corrected chi connectivity index (χ1v) is 10.0. The summed E-state index contributed by atoms with van der Waals surface area (Å²) < 4.78 is 6.59. The van der Waals surface area contributed by atoms with Crippen LogP contribution >= 0.6 is 0 Å². The Morgan fingerprint density at radius 1 is 0.667 bits per heavy atom. The van der Waals surface area contributed by atoms with Gasteiger partial charge in [-0.1, -0.05) is 48.5 Å². The number of furan rings is 1. The van der Waals surface area contributed by atoms with Crippen LogP contribution in [0.1, 0.15) is 5.56 Å². The minimum atomic E-state index is 0.875. The Labute approximate surface area is 173 Å². The molecule has 0 spiro atoms. The van der Waals surface area contributed by atoms with Crippen LogP contribution in [0.25, 0.3) is 55.1 Å². The number of pyridine rings is 2. The topological polar surface area (TPSA) is 38.9 Å². The van der Waals surface area contributed by atoms with Crippen molar-refractivity contribution in [2.45, 2.75) is 6.92 Å². The van der Waals surface area contributed by atoms with Gasteiger partial charge in [0, 0.05) is 45.9 Å². The van der Waals surface area contributed by atoms with Crippen molar-refractivity contribution in [2.75, 3.05) is 0 Å². The average molecular weight is 386 g/mol. The van der Waals surface area contributed by atoms with Gasteiger partial charge in [-0.3, -0.25) is 9.97 Å². The van der Waals surface area contributed by atoms with Gasteiger partial charge < -0.3 is 4.42 Å². The highest BCUT2D eigenvalue weighted by molar-refractivity contribution is 6.15. The van der Waals surface area contributed by atoms with E-state index in [9.17, 15) is 0 Å². The molecule has 3 heteroatoms. The van der Waals surface area contributed by atoms with Crippen LogP contribution in [0, 0.1) is 6.92 Å². The fourth-order valence-electron chi connectivity index (χ4n) is 4.35. The quantitative estimate of drug-likeness (QED) is 0.317. The van der Waals surface area contributed by atoms with Gasteiger partial charge in [0.05, 0.1) is 5.69 Å². The van der Waals surface area contributed by atoms with Gasteiger partial charge in [-0.2, -0.15) is 0 Å². The second-order valence-electron chi connectivity index (χ2n) is 7.54. The van der Waals surface area contributed by atoms with E-state index in [4.69, 9.17) is 4.42 Å². The van der Waals surface area contributed by atoms with Crippen molar-refractivity contribution in [3.05, 3.63) is 97.0 Å². The van der Waals surface area contributed by atoms with E-state index >= 15 is 0 Å². The number of para-hydroxylation sites is 1. The number of fused-ring (bicyclic) bond motifs is 4. The van der Waals surface area contributed by atoms with Crippen molar-refractivity contribution in [1.82, 2.24) is 9.97 Å². The van der Waals surface area contributed by atoms with Gasteiger partial charge in [-0.25, -0.2) is 0 Å². The molecule has 0 saturated carbocycles. The molecule has 0 radical (unpaired) electrons. The van der Waals surface area contributed by atoms with Gasteiger partial charge in [0.1, 0.15) is 11.2 Å². The predicted molar refractivity (Wildman–Crippen MR) is 122 cm³/mol. The summed E-state index contributed by atoms with van der Waals surface area (Å²) in [4.78, 5) is 8.90. The van der Waals surface area contributed by atoms with Gasteiger partial charge in [-0.15, -0.1) is 0 Å². The predicted octanol–water partition coefficient (Wildman–Crippen LogP) is 7.17. The molecule has 0 aliphatic rings. The molecule has 0 aliphatic carbocycles. The molecule has 0 bridgehead atoms. The fraction of sp³-hybridized carbons (Fsp3) is 0.0370. The molecule has 0 aliphatic heterocycles. The zero-order valence-corrected chi connectivity index (χ0v) is 16.5. The Balaban J connectivity index is 1.73. The third-order valence-electron chi connectivity index (χ3n) is 5.77. The summed E-state index contributed by atoms with van der Waals surface area (Å²) in [7, 11) is 0. The Morgan fingerprint density at radius 3 is 2.47 bits per heavy atom. The third-order valence-corrected chi connectivity index (χ3v) is 5.77. The lowest BCUT2D eigenvalue weighted by molar-refractivity contribution is 0.671. The number of hydrogen-bond donors (Lipinski definition) is 0. The van der Waals surface area contributed by atoms with Crippen LogP contribution in [0.2, 0.25) is 0 Å². The van der Waals surface area contributed by atoms with E-state index in [2.05, 4.69) is 65.4 Å². The van der Waals surface area contributed by atoms with Gasteiger partial charge >= 0.3 is 0 Å². The Bertz CT molecular complexity index is 1540. The standard InChI is InChI=1S/C27H18N2O/c1-17-11-12-20(19-7-4-6-18-13-15-28-16-23(18)19)27-25(17)22-9-5-8-21(26(22)30-27)24-10-2-3-14-29-24/h2-16H,1H3. The first-order chi connectivity index (χ1) is 14.8. The van der Waals surface area contributed by atoms with Gasteiger partial charge in [0.15, 0.2) is 0 Å². The summed E-state index contributed by atoms with van der Waals surface area (Å²) in [6.07, 6.45) is 5.58. The van der Waals surface area contributed by atoms with E-state index in [-0.39, 0.29) is 0 Å². The second kappa shape index (κ2) is 6.53. The summed E-state index contributed by atoms with van der Waals surface area (Å²) in [6.45, 7) is 2.14. The molecule has 3 aromatic carbocycles. The summed E-state index contributed by atoms with van der Waals surface area (Å²) in [6, 6.07) is 25.0. The van der Waals surface area contributed by atoms with E-state index in [0.717, 1.165) is 49.7 Å². The maximum Gasteiger partial charge on any atom is 0.144 e. The number of aromatic nitrogens is 2. The normalized spacial score (nSPS) is 11.5. The van der Waals surface area contributed by atoms with Crippen LogP contribution in [-0.2, 0) is 0 Å². The smallest absolute Gasteiger partial charge is 0.144 e. The summed E-state index contributed by atoms with van der Waals surface area (Å²) in [5, 5.41) is 4.56. The number of rotatable bonds is 2. The van der Waals surface area contributed by atoms with Crippen molar-refractivity contribution < 1.29 is 4.42 Å². The van der Waals surface area contributed by atoms with Crippen LogP contribution in [0.5, 0.6) is 0 Å². The van der Waals surface area contributed by atoms with Crippen LogP contribution in [0.4, 0.5) is 0 Å². The number of benzene rings is 3. The first-order valence-electron chi connectivity index (χ1n) is 10.0. The minimum Gasteiger partial charge on any atom is -0.455 e. The highest BCUT2D eigenvalue weighted by Gasteiger charge is 2.18. The molecule has 0 N–H and O–H groups in total. The average Bonchev–Trinajstić information content (AvgIpc) is 3.20. The summed E-state index contributed by atoms with van der Waals surface area (Å²) in [5.41, 5.74) is 7.11. The molecule has 0 fully saturated rings. The van der Waals surface area contributed by atoms with E-state index in [1.807, 2.05) is 42.9 Å². The van der Waals surface area contributed by atoms with Gasteiger partial charge in [0.25, 0.3) is 0 Å². The lowest BCUT2D eigenvalue weighted by Gasteiger charge is -2.08. The van der Waals surface area contributed by atoms with Crippen LogP contribution in [-0.4, -0.2) is 9.97 Å². The van der Waals surface area contributed by atoms with E-state index in [0.29, 0.717) is 0 Å². The van der Waals surface area contributed by atoms with Crippen molar-refractivity contribution in [1.29, 1.82) is 0 Å². The Morgan fingerprint density at radius 2 is 1.57 bits per heavy atom. The molecule has 3 nitrogen and oxygen atoms in total. The zero-order valence-electron chi connectivity index (χ0n) is 16.5. The minimum absolute atomic E-state index is 0.875. The highest BCUT2D eigenvalue weighted by Crippen LogP contribution is 2.42. The largest absolute Gasteiger partial charge is 0.455 e. The number of hydrogen-bond acceptors (Lipinski definition) is 3. The van der Waals surface area contributed by atoms with E-state index in [1.54, 1.807) is 0 Å². The molecule has 0 unspecified atom stereocenters.